The lowest BCUT2D eigenvalue weighted by atomic mass is 10.2. The summed E-state index contributed by atoms with van der Waals surface area (Å²) in [6, 6.07) is 6.91. The van der Waals surface area contributed by atoms with Crippen molar-refractivity contribution in [1.82, 2.24) is 9.97 Å². The number of hydrogen-bond donors (Lipinski definition) is 1. The molecule has 0 bridgehead atoms. The van der Waals surface area contributed by atoms with Crippen molar-refractivity contribution in [2.45, 2.75) is 12.8 Å². The summed E-state index contributed by atoms with van der Waals surface area (Å²) in [4.78, 5) is 23.0. The minimum absolute atomic E-state index is 0.298. The monoisotopic (exact) mass is 328 g/mol. The number of carbonyl (C=O) groups is 1. The second-order valence-electron chi connectivity index (χ2n) is 5.51. The van der Waals surface area contributed by atoms with E-state index < -0.39 is 0 Å². The van der Waals surface area contributed by atoms with Crippen LogP contribution in [0.25, 0.3) is 0 Å². The van der Waals surface area contributed by atoms with E-state index in [4.69, 9.17) is 9.47 Å². The normalized spacial score (nSPS) is 13.7. The lowest BCUT2D eigenvalue weighted by molar-refractivity contribution is 0.102. The summed E-state index contributed by atoms with van der Waals surface area (Å²) in [6.07, 6.45) is 3.72. The van der Waals surface area contributed by atoms with Gasteiger partial charge in [0, 0.05) is 43.0 Å². The average Bonchev–Trinajstić information content (AvgIpc) is 3.16. The van der Waals surface area contributed by atoms with Gasteiger partial charge in [-0.25, -0.2) is 9.97 Å². The van der Waals surface area contributed by atoms with Gasteiger partial charge in [-0.2, -0.15) is 0 Å². The number of carbonyl (C=O) groups excluding carboxylic acids is 1. The number of ether oxygens (including phenoxy) is 2. The third-order valence-corrected chi connectivity index (χ3v) is 3.92. The highest BCUT2D eigenvalue weighted by atomic mass is 16.5. The first-order valence-electron chi connectivity index (χ1n) is 7.81. The minimum atomic E-state index is -0.298. The Morgan fingerprint density at radius 1 is 1.04 bits per heavy atom. The van der Waals surface area contributed by atoms with Crippen LogP contribution in [0.5, 0.6) is 11.5 Å². The standard InChI is InChI=1S/C17H20N4O3/c1-23-13-7-12(8-14(9-13)24-2)20-17(22)15-10-16(19-11-18-15)21-5-3-4-6-21/h7-11H,3-6H2,1-2H3,(H,20,22). The maximum atomic E-state index is 12.5. The van der Waals surface area contributed by atoms with E-state index in [9.17, 15) is 4.79 Å². The third-order valence-electron chi connectivity index (χ3n) is 3.92. The van der Waals surface area contributed by atoms with E-state index in [-0.39, 0.29) is 5.91 Å². The van der Waals surface area contributed by atoms with Crippen molar-refractivity contribution in [3.63, 3.8) is 0 Å². The zero-order valence-corrected chi connectivity index (χ0v) is 13.8. The molecule has 0 atom stereocenters. The fourth-order valence-electron chi connectivity index (χ4n) is 2.67. The number of hydrogen-bond acceptors (Lipinski definition) is 6. The van der Waals surface area contributed by atoms with Crippen LogP contribution in [0.3, 0.4) is 0 Å². The summed E-state index contributed by atoms with van der Waals surface area (Å²) in [7, 11) is 3.13. The number of nitrogens with one attached hydrogen (secondary N) is 1. The summed E-state index contributed by atoms with van der Waals surface area (Å²) >= 11 is 0. The number of amides is 1. The van der Waals surface area contributed by atoms with E-state index in [0.29, 0.717) is 22.9 Å². The van der Waals surface area contributed by atoms with Crippen LogP contribution < -0.4 is 19.7 Å². The number of nitrogens with zero attached hydrogens (tertiary/aromatic N) is 3. The molecular weight excluding hydrogens is 308 g/mol. The summed E-state index contributed by atoms with van der Waals surface area (Å²) in [6.45, 7) is 1.93. The molecule has 1 N–H and O–H groups in total. The quantitative estimate of drug-likeness (QED) is 0.908. The van der Waals surface area contributed by atoms with Gasteiger partial charge in [-0.15, -0.1) is 0 Å². The number of methoxy groups -OCH3 is 2. The molecule has 0 saturated carbocycles. The Morgan fingerprint density at radius 2 is 1.71 bits per heavy atom. The van der Waals surface area contributed by atoms with Gasteiger partial charge in [0.1, 0.15) is 29.3 Å². The Morgan fingerprint density at radius 3 is 2.33 bits per heavy atom. The average molecular weight is 328 g/mol. The van der Waals surface area contributed by atoms with Crippen LogP contribution in [0.2, 0.25) is 0 Å². The first-order valence-corrected chi connectivity index (χ1v) is 7.81. The molecule has 1 aromatic carbocycles. The molecule has 126 valence electrons. The van der Waals surface area contributed by atoms with Gasteiger partial charge < -0.3 is 19.7 Å². The van der Waals surface area contributed by atoms with Crippen molar-refractivity contribution in [2.75, 3.05) is 37.5 Å². The molecule has 0 aliphatic carbocycles. The molecule has 7 nitrogen and oxygen atoms in total. The molecule has 1 fully saturated rings. The summed E-state index contributed by atoms with van der Waals surface area (Å²) in [5.41, 5.74) is 0.909. The molecule has 24 heavy (non-hydrogen) atoms. The second-order valence-corrected chi connectivity index (χ2v) is 5.51. The third kappa shape index (κ3) is 3.56. The molecule has 1 aliphatic heterocycles. The number of anilines is 2. The summed E-state index contributed by atoms with van der Waals surface area (Å²) in [5, 5.41) is 2.82. The van der Waals surface area contributed by atoms with E-state index in [2.05, 4.69) is 20.2 Å². The minimum Gasteiger partial charge on any atom is -0.497 e. The second kappa shape index (κ2) is 7.16. The Labute approximate surface area is 140 Å². The van der Waals surface area contributed by atoms with Crippen molar-refractivity contribution in [2.24, 2.45) is 0 Å². The Hall–Kier alpha value is -2.83. The van der Waals surface area contributed by atoms with E-state index >= 15 is 0 Å². The van der Waals surface area contributed by atoms with Gasteiger partial charge in [-0.1, -0.05) is 0 Å². The van der Waals surface area contributed by atoms with Crippen LogP contribution in [0.15, 0.2) is 30.6 Å². The number of aromatic nitrogens is 2. The van der Waals surface area contributed by atoms with Gasteiger partial charge >= 0.3 is 0 Å². The maximum Gasteiger partial charge on any atom is 0.274 e. The molecule has 7 heteroatoms. The Balaban J connectivity index is 1.78. The van der Waals surface area contributed by atoms with Crippen molar-refractivity contribution in [3.05, 3.63) is 36.3 Å². The van der Waals surface area contributed by atoms with Crippen LogP contribution in [0.4, 0.5) is 11.5 Å². The van der Waals surface area contributed by atoms with E-state index in [1.54, 1.807) is 38.5 Å². The molecular formula is C17H20N4O3. The zero-order chi connectivity index (χ0) is 16.9. The molecule has 1 aromatic heterocycles. The molecule has 0 spiro atoms. The lowest BCUT2D eigenvalue weighted by Gasteiger charge is -2.16. The van der Waals surface area contributed by atoms with Crippen molar-refractivity contribution >= 4 is 17.4 Å². The SMILES string of the molecule is COc1cc(NC(=O)c2cc(N3CCCC3)ncn2)cc(OC)c1. The number of benzene rings is 1. The van der Waals surface area contributed by atoms with Crippen molar-refractivity contribution < 1.29 is 14.3 Å². The fraction of sp³-hybridized carbons (Fsp3) is 0.353. The van der Waals surface area contributed by atoms with Crippen LogP contribution >= 0.6 is 0 Å². The Kier molecular flexibility index (Phi) is 4.79. The molecule has 1 aliphatic rings. The first-order chi connectivity index (χ1) is 11.7. The van der Waals surface area contributed by atoms with Crippen LogP contribution in [0.1, 0.15) is 23.3 Å². The lowest BCUT2D eigenvalue weighted by Crippen LogP contribution is -2.21. The zero-order valence-electron chi connectivity index (χ0n) is 13.8. The van der Waals surface area contributed by atoms with E-state index in [1.165, 1.54) is 6.33 Å². The predicted octanol–water partition coefficient (Wildman–Crippen LogP) is 2.35. The highest BCUT2D eigenvalue weighted by molar-refractivity contribution is 6.03. The first kappa shape index (κ1) is 16.0. The molecule has 1 amide bonds. The summed E-state index contributed by atoms with van der Waals surface area (Å²) < 4.78 is 10.4. The molecule has 3 rings (SSSR count). The molecule has 0 unspecified atom stereocenters. The van der Waals surface area contributed by atoms with Crippen LogP contribution in [0, 0.1) is 0 Å². The van der Waals surface area contributed by atoms with Gasteiger partial charge in [0.15, 0.2) is 0 Å². The van der Waals surface area contributed by atoms with Gasteiger partial charge in [0.2, 0.25) is 0 Å². The topological polar surface area (TPSA) is 76.6 Å². The van der Waals surface area contributed by atoms with Gasteiger partial charge in [-0.05, 0) is 12.8 Å². The van der Waals surface area contributed by atoms with E-state index in [1.807, 2.05) is 0 Å². The largest absolute Gasteiger partial charge is 0.497 e. The molecule has 1 saturated heterocycles. The predicted molar refractivity (Wildman–Crippen MR) is 91.0 cm³/mol. The van der Waals surface area contributed by atoms with Gasteiger partial charge in [-0.3, -0.25) is 4.79 Å². The maximum absolute atomic E-state index is 12.5. The highest BCUT2D eigenvalue weighted by Gasteiger charge is 2.16. The summed E-state index contributed by atoms with van der Waals surface area (Å²) in [5.74, 6) is 1.69. The van der Waals surface area contributed by atoms with Gasteiger partial charge in [0.25, 0.3) is 5.91 Å². The highest BCUT2D eigenvalue weighted by Crippen LogP contribution is 2.26. The Bertz CT molecular complexity index is 707. The van der Waals surface area contributed by atoms with E-state index in [0.717, 1.165) is 31.7 Å². The smallest absolute Gasteiger partial charge is 0.274 e. The molecule has 0 radical (unpaired) electrons. The van der Waals surface area contributed by atoms with Gasteiger partial charge in [0.05, 0.1) is 14.2 Å². The van der Waals surface area contributed by atoms with Crippen LogP contribution in [-0.2, 0) is 0 Å². The fourth-order valence-corrected chi connectivity index (χ4v) is 2.67. The molecule has 2 heterocycles. The van der Waals surface area contributed by atoms with Crippen LogP contribution in [-0.4, -0.2) is 43.2 Å². The van der Waals surface area contributed by atoms with Crippen molar-refractivity contribution in [1.29, 1.82) is 0 Å². The molecule has 2 aromatic rings. The van der Waals surface area contributed by atoms with Crippen molar-refractivity contribution in [3.8, 4) is 11.5 Å². The number of rotatable bonds is 5.